The summed E-state index contributed by atoms with van der Waals surface area (Å²) in [5.41, 5.74) is 3.47. The molecule has 0 radical (unpaired) electrons. The summed E-state index contributed by atoms with van der Waals surface area (Å²) in [6.45, 7) is 5.32. The lowest BCUT2D eigenvalue weighted by atomic mass is 10.1. The molecule has 0 saturated carbocycles. The molecule has 0 atom stereocenters. The van der Waals surface area contributed by atoms with Crippen LogP contribution in [0, 0.1) is 12.7 Å². The predicted octanol–water partition coefficient (Wildman–Crippen LogP) is 3.29. The maximum absolute atomic E-state index is 13.6. The topological polar surface area (TPSA) is 50.6 Å². The molecule has 1 amide bonds. The summed E-state index contributed by atoms with van der Waals surface area (Å²) in [6, 6.07) is 14.0. The third-order valence-electron chi connectivity index (χ3n) is 5.49. The summed E-state index contributed by atoms with van der Waals surface area (Å²) in [4.78, 5) is 17.0. The minimum atomic E-state index is -0.270. The number of ether oxygens (including phenoxy) is 1. The molecular weight excluding hydrogens is 383 g/mol. The van der Waals surface area contributed by atoms with Crippen LogP contribution in [0.3, 0.4) is 0 Å². The highest BCUT2D eigenvalue weighted by atomic mass is 19.1. The van der Waals surface area contributed by atoms with Gasteiger partial charge in [-0.25, -0.2) is 9.07 Å². The highest BCUT2D eigenvalue weighted by Crippen LogP contribution is 2.22. The number of nitrogens with zero attached hydrogens (tertiary/aromatic N) is 4. The molecule has 3 aromatic rings. The lowest BCUT2D eigenvalue weighted by Crippen LogP contribution is -2.48. The molecule has 1 fully saturated rings. The number of aryl methyl sites for hydroxylation is 1. The number of benzene rings is 2. The molecule has 0 spiro atoms. The Labute approximate surface area is 175 Å². The Balaban J connectivity index is 1.36. The Kier molecular flexibility index (Phi) is 5.81. The summed E-state index contributed by atoms with van der Waals surface area (Å²) in [5, 5.41) is 4.29. The van der Waals surface area contributed by atoms with Crippen molar-refractivity contribution in [3.05, 3.63) is 77.4 Å². The molecule has 7 heteroatoms. The lowest BCUT2D eigenvalue weighted by molar-refractivity contribution is 0.0627. The fourth-order valence-electron chi connectivity index (χ4n) is 3.79. The second-order valence-corrected chi connectivity index (χ2v) is 7.46. The monoisotopic (exact) mass is 408 g/mol. The number of aromatic nitrogens is 2. The third-order valence-corrected chi connectivity index (χ3v) is 5.49. The Hall–Kier alpha value is -3.19. The zero-order valence-electron chi connectivity index (χ0n) is 17.2. The summed E-state index contributed by atoms with van der Waals surface area (Å²) in [6.07, 6.45) is 1.76. The Morgan fingerprint density at radius 2 is 1.80 bits per heavy atom. The van der Waals surface area contributed by atoms with E-state index in [0.717, 1.165) is 30.0 Å². The number of piperazine rings is 1. The third kappa shape index (κ3) is 4.21. The second kappa shape index (κ2) is 8.67. The average Bonchev–Trinajstić information content (AvgIpc) is 3.20. The van der Waals surface area contributed by atoms with E-state index in [2.05, 4.69) is 10.00 Å². The van der Waals surface area contributed by atoms with Crippen LogP contribution in [-0.4, -0.2) is 58.8 Å². The van der Waals surface area contributed by atoms with Crippen molar-refractivity contribution < 1.29 is 13.9 Å². The number of amides is 1. The highest BCUT2D eigenvalue weighted by molar-refractivity contribution is 5.94. The van der Waals surface area contributed by atoms with E-state index in [0.29, 0.717) is 30.9 Å². The number of halogens is 1. The average molecular weight is 408 g/mol. The Morgan fingerprint density at radius 1 is 1.07 bits per heavy atom. The molecule has 30 heavy (non-hydrogen) atoms. The van der Waals surface area contributed by atoms with E-state index in [1.54, 1.807) is 19.4 Å². The molecule has 1 aromatic heterocycles. The molecule has 2 aromatic carbocycles. The number of carbonyl (C=O) groups excluding carboxylic acids is 1. The zero-order valence-corrected chi connectivity index (χ0v) is 17.2. The van der Waals surface area contributed by atoms with Gasteiger partial charge in [0.2, 0.25) is 0 Å². The van der Waals surface area contributed by atoms with Crippen LogP contribution < -0.4 is 4.74 Å². The van der Waals surface area contributed by atoms with Gasteiger partial charge in [-0.05, 0) is 55.5 Å². The van der Waals surface area contributed by atoms with Crippen LogP contribution in [0.15, 0.2) is 54.7 Å². The zero-order chi connectivity index (χ0) is 21.1. The molecule has 0 N–H and O–H groups in total. The van der Waals surface area contributed by atoms with Gasteiger partial charge in [0, 0.05) is 55.7 Å². The van der Waals surface area contributed by atoms with Crippen molar-refractivity contribution in [2.45, 2.75) is 13.5 Å². The van der Waals surface area contributed by atoms with Crippen LogP contribution >= 0.6 is 0 Å². The Morgan fingerprint density at radius 3 is 2.43 bits per heavy atom. The van der Waals surface area contributed by atoms with Crippen molar-refractivity contribution in [1.82, 2.24) is 19.6 Å². The smallest absolute Gasteiger partial charge is 0.253 e. The minimum absolute atomic E-state index is 0.0294. The van der Waals surface area contributed by atoms with E-state index in [9.17, 15) is 9.18 Å². The van der Waals surface area contributed by atoms with Crippen molar-refractivity contribution in [2.75, 3.05) is 33.3 Å². The van der Waals surface area contributed by atoms with Gasteiger partial charge in [0.15, 0.2) is 0 Å². The van der Waals surface area contributed by atoms with Crippen molar-refractivity contribution in [1.29, 1.82) is 0 Å². The number of methoxy groups -OCH3 is 1. The molecule has 1 saturated heterocycles. The summed E-state index contributed by atoms with van der Waals surface area (Å²) >= 11 is 0. The van der Waals surface area contributed by atoms with Crippen LogP contribution in [0.1, 0.15) is 21.6 Å². The van der Waals surface area contributed by atoms with Crippen LogP contribution in [0.4, 0.5) is 4.39 Å². The van der Waals surface area contributed by atoms with E-state index in [-0.39, 0.29) is 11.7 Å². The fraction of sp³-hybridized carbons (Fsp3) is 0.304. The first-order chi connectivity index (χ1) is 14.5. The largest absolute Gasteiger partial charge is 0.496 e. The molecule has 0 bridgehead atoms. The molecule has 1 aliphatic rings. The van der Waals surface area contributed by atoms with E-state index in [1.165, 1.54) is 12.1 Å². The van der Waals surface area contributed by atoms with Gasteiger partial charge < -0.3 is 9.64 Å². The van der Waals surface area contributed by atoms with Crippen molar-refractivity contribution in [2.24, 2.45) is 0 Å². The first-order valence-corrected chi connectivity index (χ1v) is 10.0. The summed E-state index contributed by atoms with van der Waals surface area (Å²) < 4.78 is 20.8. The van der Waals surface area contributed by atoms with Crippen molar-refractivity contribution in [3.8, 4) is 11.4 Å². The number of hydrogen-bond donors (Lipinski definition) is 0. The molecule has 2 heterocycles. The SMILES string of the molecule is COc1ccc(F)cc1CN1CCN(C(=O)c2ccc(-n3nccc3C)cc2)CC1. The van der Waals surface area contributed by atoms with Gasteiger partial charge in [-0.15, -0.1) is 0 Å². The van der Waals surface area contributed by atoms with E-state index in [4.69, 9.17) is 4.74 Å². The first kappa shape index (κ1) is 20.1. The van der Waals surface area contributed by atoms with Gasteiger partial charge in [0.05, 0.1) is 12.8 Å². The Bertz CT molecular complexity index is 1020. The quantitative estimate of drug-likeness (QED) is 0.650. The molecule has 1 aliphatic heterocycles. The summed E-state index contributed by atoms with van der Waals surface area (Å²) in [7, 11) is 1.59. The molecule has 156 valence electrons. The summed E-state index contributed by atoms with van der Waals surface area (Å²) in [5.74, 6) is 0.442. The van der Waals surface area contributed by atoms with Gasteiger partial charge in [0.25, 0.3) is 5.91 Å². The first-order valence-electron chi connectivity index (χ1n) is 10.0. The van der Waals surface area contributed by atoms with Crippen molar-refractivity contribution >= 4 is 5.91 Å². The number of carbonyl (C=O) groups is 1. The lowest BCUT2D eigenvalue weighted by Gasteiger charge is -2.35. The van der Waals surface area contributed by atoms with Crippen LogP contribution in [-0.2, 0) is 6.54 Å². The fourth-order valence-corrected chi connectivity index (χ4v) is 3.79. The van der Waals surface area contributed by atoms with Crippen LogP contribution in [0.25, 0.3) is 5.69 Å². The van der Waals surface area contributed by atoms with Crippen LogP contribution in [0.5, 0.6) is 5.75 Å². The molecule has 0 aliphatic carbocycles. The standard InChI is InChI=1S/C23H25FN4O2/c1-17-9-10-25-28(17)21-6-3-18(4-7-21)23(29)27-13-11-26(12-14-27)16-19-15-20(24)5-8-22(19)30-2/h3-10,15H,11-14,16H2,1-2H3. The molecular formula is C23H25FN4O2. The second-order valence-electron chi connectivity index (χ2n) is 7.46. The minimum Gasteiger partial charge on any atom is -0.496 e. The predicted molar refractivity (Wildman–Crippen MR) is 112 cm³/mol. The van der Waals surface area contributed by atoms with Crippen LogP contribution in [0.2, 0.25) is 0 Å². The van der Waals surface area contributed by atoms with E-state index < -0.39 is 0 Å². The van der Waals surface area contributed by atoms with E-state index >= 15 is 0 Å². The maximum atomic E-state index is 13.6. The number of rotatable bonds is 5. The van der Waals surface area contributed by atoms with Gasteiger partial charge >= 0.3 is 0 Å². The van der Waals surface area contributed by atoms with Crippen molar-refractivity contribution in [3.63, 3.8) is 0 Å². The molecule has 0 unspecified atom stereocenters. The molecule has 6 nitrogen and oxygen atoms in total. The van der Waals surface area contributed by atoms with Gasteiger partial charge in [-0.1, -0.05) is 0 Å². The van der Waals surface area contributed by atoms with Gasteiger partial charge in [-0.2, -0.15) is 5.10 Å². The van der Waals surface area contributed by atoms with E-state index in [1.807, 2.05) is 46.8 Å². The maximum Gasteiger partial charge on any atom is 0.253 e. The normalized spacial score (nSPS) is 14.7. The highest BCUT2D eigenvalue weighted by Gasteiger charge is 2.23. The molecule has 4 rings (SSSR count). The van der Waals surface area contributed by atoms with Gasteiger partial charge in [-0.3, -0.25) is 9.69 Å². The number of hydrogen-bond acceptors (Lipinski definition) is 4. The van der Waals surface area contributed by atoms with Gasteiger partial charge in [0.1, 0.15) is 11.6 Å².